The monoisotopic (exact) mass is 253 g/mol. The van der Waals surface area contributed by atoms with Crippen LogP contribution in [0.1, 0.15) is 19.3 Å². The van der Waals surface area contributed by atoms with Crippen molar-refractivity contribution in [3.05, 3.63) is 24.1 Å². The van der Waals surface area contributed by atoms with Crippen molar-refractivity contribution in [2.45, 2.75) is 31.4 Å². The summed E-state index contributed by atoms with van der Waals surface area (Å²) >= 11 is 0. The summed E-state index contributed by atoms with van der Waals surface area (Å²) in [5, 5.41) is 5.39. The number of amides is 2. The average molecular weight is 253 g/mol. The van der Waals surface area contributed by atoms with Crippen molar-refractivity contribution in [1.82, 2.24) is 10.3 Å². The maximum absolute atomic E-state index is 12.6. The molecular weight excluding hydrogens is 237 g/mol. The third-order valence-electron chi connectivity index (χ3n) is 3.04. The minimum atomic E-state index is -0.434. The number of ether oxygens (including phenoxy) is 1. The number of nitrogens with zero attached hydrogens (tertiary/aromatic N) is 1. The summed E-state index contributed by atoms with van der Waals surface area (Å²) in [7, 11) is 1.64. The number of pyridine rings is 1. The van der Waals surface area contributed by atoms with Gasteiger partial charge in [0.1, 0.15) is 11.6 Å². The molecule has 5 nitrogen and oxygen atoms in total. The minimum absolute atomic E-state index is 0.0236. The molecule has 1 aromatic heterocycles. The van der Waals surface area contributed by atoms with E-state index in [2.05, 4.69) is 15.6 Å². The van der Waals surface area contributed by atoms with E-state index in [1.807, 2.05) is 0 Å². The molecule has 0 radical (unpaired) electrons. The van der Waals surface area contributed by atoms with Crippen LogP contribution in [-0.4, -0.2) is 30.3 Å². The normalized spacial score (nSPS) is 22.8. The molecule has 2 N–H and O–H groups in total. The number of nitrogens with one attached hydrogen (secondary N) is 2. The van der Waals surface area contributed by atoms with E-state index in [1.54, 1.807) is 7.11 Å². The van der Waals surface area contributed by atoms with Gasteiger partial charge in [0.15, 0.2) is 0 Å². The standard InChI is InChI=1S/C12H16FN3O2/c1-18-10-4-2-3-9(10)15-12(17)16-11-6-5-8(13)7-14-11/h5-7,9-10H,2-4H2,1H3,(H2,14,15,16,17)/t9-,10+/m0/s1. The van der Waals surface area contributed by atoms with Crippen LogP contribution in [0.5, 0.6) is 0 Å². The molecule has 1 aromatic rings. The van der Waals surface area contributed by atoms with E-state index in [-0.39, 0.29) is 18.2 Å². The lowest BCUT2D eigenvalue weighted by atomic mass is 10.2. The zero-order chi connectivity index (χ0) is 13.0. The van der Waals surface area contributed by atoms with Gasteiger partial charge in [0.25, 0.3) is 0 Å². The lowest BCUT2D eigenvalue weighted by Crippen LogP contribution is -2.43. The molecule has 1 aliphatic rings. The third-order valence-corrected chi connectivity index (χ3v) is 3.04. The molecule has 0 aliphatic heterocycles. The lowest BCUT2D eigenvalue weighted by molar-refractivity contribution is 0.0882. The van der Waals surface area contributed by atoms with Crippen LogP contribution in [0, 0.1) is 5.82 Å². The molecule has 18 heavy (non-hydrogen) atoms. The van der Waals surface area contributed by atoms with Crippen molar-refractivity contribution in [3.8, 4) is 0 Å². The number of hydrogen-bond acceptors (Lipinski definition) is 3. The van der Waals surface area contributed by atoms with Gasteiger partial charge in [-0.1, -0.05) is 0 Å². The zero-order valence-corrected chi connectivity index (χ0v) is 10.1. The Hall–Kier alpha value is -1.69. The second-order valence-electron chi connectivity index (χ2n) is 4.27. The molecule has 0 bridgehead atoms. The molecule has 2 rings (SSSR count). The fourth-order valence-corrected chi connectivity index (χ4v) is 2.14. The Kier molecular flexibility index (Phi) is 4.09. The van der Waals surface area contributed by atoms with Crippen molar-refractivity contribution < 1.29 is 13.9 Å². The molecule has 2 amide bonds. The van der Waals surface area contributed by atoms with Gasteiger partial charge in [0, 0.05) is 7.11 Å². The summed E-state index contributed by atoms with van der Waals surface area (Å²) in [6.45, 7) is 0. The predicted octanol–water partition coefficient (Wildman–Crippen LogP) is 1.91. The Morgan fingerprint density at radius 2 is 2.33 bits per heavy atom. The maximum Gasteiger partial charge on any atom is 0.320 e. The van der Waals surface area contributed by atoms with E-state index in [0.29, 0.717) is 5.82 Å². The number of carbonyl (C=O) groups is 1. The highest BCUT2D eigenvalue weighted by molar-refractivity contribution is 5.88. The summed E-state index contributed by atoms with van der Waals surface area (Å²) < 4.78 is 17.9. The van der Waals surface area contributed by atoms with Crippen LogP contribution < -0.4 is 10.6 Å². The first kappa shape index (κ1) is 12.8. The Balaban J connectivity index is 1.86. The summed E-state index contributed by atoms with van der Waals surface area (Å²) in [6.07, 6.45) is 4.03. The van der Waals surface area contributed by atoms with E-state index < -0.39 is 5.82 Å². The number of hydrogen-bond donors (Lipinski definition) is 2. The largest absolute Gasteiger partial charge is 0.379 e. The van der Waals surface area contributed by atoms with E-state index in [9.17, 15) is 9.18 Å². The molecule has 0 saturated heterocycles. The molecular formula is C12H16FN3O2. The fraction of sp³-hybridized carbons (Fsp3) is 0.500. The summed E-state index contributed by atoms with van der Waals surface area (Å²) in [6, 6.07) is 2.34. The molecule has 1 fully saturated rings. The average Bonchev–Trinajstić information content (AvgIpc) is 2.79. The van der Waals surface area contributed by atoms with E-state index in [1.165, 1.54) is 12.1 Å². The van der Waals surface area contributed by atoms with Gasteiger partial charge in [0.05, 0.1) is 18.3 Å². The number of urea groups is 1. The molecule has 0 unspecified atom stereocenters. The predicted molar refractivity (Wildman–Crippen MR) is 64.8 cm³/mol. The Morgan fingerprint density at radius 3 is 3.00 bits per heavy atom. The molecule has 2 atom stereocenters. The molecule has 6 heteroatoms. The maximum atomic E-state index is 12.6. The van der Waals surface area contributed by atoms with Crippen molar-refractivity contribution in [2.75, 3.05) is 12.4 Å². The second-order valence-corrected chi connectivity index (χ2v) is 4.27. The SMILES string of the molecule is CO[C@@H]1CCC[C@@H]1NC(=O)Nc1ccc(F)cn1. The summed E-state index contributed by atoms with van der Waals surface area (Å²) in [4.78, 5) is 15.5. The number of aromatic nitrogens is 1. The molecule has 0 aromatic carbocycles. The van der Waals surface area contributed by atoms with Crippen molar-refractivity contribution in [1.29, 1.82) is 0 Å². The smallest absolute Gasteiger partial charge is 0.320 e. The van der Waals surface area contributed by atoms with Gasteiger partial charge in [0.2, 0.25) is 0 Å². The number of halogens is 1. The summed E-state index contributed by atoms with van der Waals surface area (Å²) in [5.74, 6) is -0.114. The van der Waals surface area contributed by atoms with Gasteiger partial charge < -0.3 is 10.1 Å². The van der Waals surface area contributed by atoms with Crippen LogP contribution in [0.25, 0.3) is 0 Å². The molecule has 1 heterocycles. The van der Waals surface area contributed by atoms with E-state index in [0.717, 1.165) is 25.5 Å². The molecule has 98 valence electrons. The van der Waals surface area contributed by atoms with Crippen LogP contribution in [-0.2, 0) is 4.74 Å². The van der Waals surface area contributed by atoms with E-state index >= 15 is 0 Å². The van der Waals surface area contributed by atoms with Gasteiger partial charge in [-0.3, -0.25) is 5.32 Å². The number of anilines is 1. The fourth-order valence-electron chi connectivity index (χ4n) is 2.14. The van der Waals surface area contributed by atoms with Gasteiger partial charge in [-0.15, -0.1) is 0 Å². The zero-order valence-electron chi connectivity index (χ0n) is 10.1. The van der Waals surface area contributed by atoms with Crippen molar-refractivity contribution >= 4 is 11.8 Å². The van der Waals surface area contributed by atoms with Crippen LogP contribution in [0.3, 0.4) is 0 Å². The van der Waals surface area contributed by atoms with Crippen LogP contribution in [0.2, 0.25) is 0 Å². The molecule has 1 saturated carbocycles. The first-order valence-corrected chi connectivity index (χ1v) is 5.91. The minimum Gasteiger partial charge on any atom is -0.379 e. The number of carbonyl (C=O) groups excluding carboxylic acids is 1. The first-order valence-electron chi connectivity index (χ1n) is 5.91. The first-order chi connectivity index (χ1) is 8.69. The Labute approximate surface area is 105 Å². The highest BCUT2D eigenvalue weighted by Gasteiger charge is 2.28. The number of methoxy groups -OCH3 is 1. The summed E-state index contributed by atoms with van der Waals surface area (Å²) in [5.41, 5.74) is 0. The molecule has 0 spiro atoms. The third kappa shape index (κ3) is 3.16. The van der Waals surface area contributed by atoms with Crippen LogP contribution in [0.4, 0.5) is 15.0 Å². The quantitative estimate of drug-likeness (QED) is 0.865. The van der Waals surface area contributed by atoms with Crippen LogP contribution >= 0.6 is 0 Å². The Morgan fingerprint density at radius 1 is 1.50 bits per heavy atom. The van der Waals surface area contributed by atoms with Crippen molar-refractivity contribution in [2.24, 2.45) is 0 Å². The van der Waals surface area contributed by atoms with Crippen LogP contribution in [0.15, 0.2) is 18.3 Å². The van der Waals surface area contributed by atoms with Gasteiger partial charge in [-0.2, -0.15) is 0 Å². The van der Waals surface area contributed by atoms with E-state index in [4.69, 9.17) is 4.74 Å². The molecule has 1 aliphatic carbocycles. The van der Waals surface area contributed by atoms with Gasteiger partial charge >= 0.3 is 6.03 Å². The highest BCUT2D eigenvalue weighted by Crippen LogP contribution is 2.21. The number of rotatable bonds is 3. The highest BCUT2D eigenvalue weighted by atomic mass is 19.1. The van der Waals surface area contributed by atoms with Gasteiger partial charge in [-0.05, 0) is 31.4 Å². The lowest BCUT2D eigenvalue weighted by Gasteiger charge is -2.19. The van der Waals surface area contributed by atoms with Crippen molar-refractivity contribution in [3.63, 3.8) is 0 Å². The Bertz CT molecular complexity index is 410. The second kappa shape index (κ2) is 5.77. The topological polar surface area (TPSA) is 63.2 Å². The van der Waals surface area contributed by atoms with Gasteiger partial charge in [-0.25, -0.2) is 14.2 Å².